The number of carbonyl (C=O) groups is 1. The molecule has 2 aromatic rings. The van der Waals surface area contributed by atoms with Gasteiger partial charge < -0.3 is 24.8 Å². The van der Waals surface area contributed by atoms with Crippen molar-refractivity contribution in [2.75, 3.05) is 12.9 Å². The molecule has 1 aromatic carbocycles. The highest BCUT2D eigenvalue weighted by Crippen LogP contribution is 2.28. The van der Waals surface area contributed by atoms with E-state index < -0.39 is 39.9 Å². The van der Waals surface area contributed by atoms with Crippen LogP contribution < -0.4 is 10.1 Å². The third-order valence-corrected chi connectivity index (χ3v) is 5.82. The lowest BCUT2D eigenvalue weighted by Gasteiger charge is -2.17. The summed E-state index contributed by atoms with van der Waals surface area (Å²) < 4.78 is 33.4. The molecule has 1 amide bonds. The van der Waals surface area contributed by atoms with E-state index in [0.717, 1.165) is 6.26 Å². The third-order valence-electron chi connectivity index (χ3n) is 4.69. The number of hydrogen-bond acceptors (Lipinski definition) is 8. The van der Waals surface area contributed by atoms with Gasteiger partial charge in [-0.15, -0.1) is 0 Å². The molecular formula is C18H22N2O7S. The minimum Gasteiger partial charge on any atom is -0.493 e. The van der Waals surface area contributed by atoms with Crippen LogP contribution in [-0.4, -0.2) is 60.8 Å². The first-order valence-electron chi connectivity index (χ1n) is 8.68. The van der Waals surface area contributed by atoms with Gasteiger partial charge in [-0.3, -0.25) is 4.79 Å². The van der Waals surface area contributed by atoms with Crippen LogP contribution in [0, 0.1) is 12.8 Å². The van der Waals surface area contributed by atoms with Crippen molar-refractivity contribution in [2.45, 2.75) is 36.5 Å². The molecule has 1 aliphatic carbocycles. The van der Waals surface area contributed by atoms with Crippen molar-refractivity contribution in [3.63, 3.8) is 0 Å². The number of nitrogens with zero attached hydrogens (tertiary/aromatic N) is 1. The SMILES string of the molecule is Cc1cc(C(=O)NC2CC(COc3ccc(S(C)(=O)=O)cc3)C(O)C2O)no1. The van der Waals surface area contributed by atoms with E-state index in [1.807, 2.05) is 0 Å². The zero-order valence-electron chi connectivity index (χ0n) is 15.4. The van der Waals surface area contributed by atoms with Crippen LogP contribution in [0.4, 0.5) is 0 Å². The summed E-state index contributed by atoms with van der Waals surface area (Å²) in [6.45, 7) is 1.76. The maximum absolute atomic E-state index is 12.2. The van der Waals surface area contributed by atoms with E-state index in [1.54, 1.807) is 6.92 Å². The molecule has 152 valence electrons. The number of aliphatic hydroxyl groups excluding tert-OH is 2. The minimum atomic E-state index is -3.29. The van der Waals surface area contributed by atoms with Crippen LogP contribution in [-0.2, 0) is 9.84 Å². The molecule has 0 aliphatic heterocycles. The van der Waals surface area contributed by atoms with Gasteiger partial charge in [-0.25, -0.2) is 8.42 Å². The average Bonchev–Trinajstić information content (AvgIpc) is 3.19. The van der Waals surface area contributed by atoms with Crippen molar-refractivity contribution in [3.05, 3.63) is 41.8 Å². The van der Waals surface area contributed by atoms with Crippen molar-refractivity contribution in [2.24, 2.45) is 5.92 Å². The molecule has 0 bridgehead atoms. The predicted molar refractivity (Wildman–Crippen MR) is 97.7 cm³/mol. The van der Waals surface area contributed by atoms with Crippen molar-refractivity contribution in [1.82, 2.24) is 10.5 Å². The maximum Gasteiger partial charge on any atom is 0.273 e. The van der Waals surface area contributed by atoms with Gasteiger partial charge in [-0.1, -0.05) is 5.16 Å². The van der Waals surface area contributed by atoms with Crippen LogP contribution in [0.5, 0.6) is 5.75 Å². The van der Waals surface area contributed by atoms with Crippen molar-refractivity contribution in [3.8, 4) is 5.75 Å². The number of aliphatic hydroxyl groups is 2. The average molecular weight is 410 g/mol. The number of ether oxygens (including phenoxy) is 1. The largest absolute Gasteiger partial charge is 0.493 e. The fourth-order valence-electron chi connectivity index (χ4n) is 3.13. The van der Waals surface area contributed by atoms with E-state index in [4.69, 9.17) is 9.26 Å². The van der Waals surface area contributed by atoms with Crippen LogP contribution in [0.2, 0.25) is 0 Å². The molecule has 1 aliphatic rings. The monoisotopic (exact) mass is 410 g/mol. The van der Waals surface area contributed by atoms with Gasteiger partial charge in [-0.2, -0.15) is 0 Å². The normalized spacial score (nSPS) is 24.9. The first-order chi connectivity index (χ1) is 13.1. The predicted octanol–water partition coefficient (Wildman–Crippen LogP) is 0.306. The Kier molecular flexibility index (Phi) is 5.73. The summed E-state index contributed by atoms with van der Waals surface area (Å²) >= 11 is 0. The van der Waals surface area contributed by atoms with Gasteiger partial charge in [0.2, 0.25) is 0 Å². The third kappa shape index (κ3) is 4.51. The number of carbonyl (C=O) groups excluding carboxylic acids is 1. The summed E-state index contributed by atoms with van der Waals surface area (Å²) in [6.07, 6.45) is -0.780. The Hall–Kier alpha value is -2.43. The quantitative estimate of drug-likeness (QED) is 0.618. The molecule has 1 saturated carbocycles. The van der Waals surface area contributed by atoms with Gasteiger partial charge in [0.1, 0.15) is 17.6 Å². The maximum atomic E-state index is 12.2. The topological polar surface area (TPSA) is 139 Å². The number of sulfone groups is 1. The first kappa shape index (κ1) is 20.3. The molecule has 1 fully saturated rings. The standard InChI is InChI=1S/C18H22N2O7S/c1-10-7-15(20-27-10)18(23)19-14-8-11(16(21)17(14)22)9-26-12-3-5-13(6-4-12)28(2,24)25/h3-7,11,14,16-17,21-22H,8-9H2,1-2H3,(H,19,23). The molecule has 9 nitrogen and oxygen atoms in total. The Morgan fingerprint density at radius 3 is 2.54 bits per heavy atom. The van der Waals surface area contributed by atoms with E-state index >= 15 is 0 Å². The Bertz CT molecular complexity index is 939. The Morgan fingerprint density at radius 2 is 1.96 bits per heavy atom. The molecule has 0 spiro atoms. The fourth-order valence-corrected chi connectivity index (χ4v) is 3.77. The number of rotatable bonds is 6. The summed E-state index contributed by atoms with van der Waals surface area (Å²) in [5.41, 5.74) is 0.102. The number of benzene rings is 1. The second-order valence-corrected chi connectivity index (χ2v) is 8.95. The van der Waals surface area contributed by atoms with E-state index in [9.17, 15) is 23.4 Å². The highest BCUT2D eigenvalue weighted by atomic mass is 32.2. The highest BCUT2D eigenvalue weighted by Gasteiger charge is 2.42. The summed E-state index contributed by atoms with van der Waals surface area (Å²) in [6, 6.07) is 6.76. The lowest BCUT2D eigenvalue weighted by molar-refractivity contribution is 0.00249. The van der Waals surface area contributed by atoms with Crippen LogP contribution in [0.3, 0.4) is 0 Å². The molecule has 3 N–H and O–H groups in total. The molecule has 28 heavy (non-hydrogen) atoms. The molecule has 4 unspecified atom stereocenters. The number of hydrogen-bond donors (Lipinski definition) is 3. The Morgan fingerprint density at radius 1 is 1.29 bits per heavy atom. The Labute approximate surface area is 162 Å². The lowest BCUT2D eigenvalue weighted by atomic mass is 10.1. The van der Waals surface area contributed by atoms with Crippen LogP contribution in [0.1, 0.15) is 22.7 Å². The van der Waals surface area contributed by atoms with Gasteiger partial charge in [0, 0.05) is 18.2 Å². The summed E-state index contributed by atoms with van der Waals surface area (Å²) in [5.74, 6) is 0.0323. The second kappa shape index (κ2) is 7.90. The molecule has 10 heteroatoms. The first-order valence-corrected chi connectivity index (χ1v) is 10.6. The van der Waals surface area contributed by atoms with Gasteiger partial charge in [0.25, 0.3) is 5.91 Å². The van der Waals surface area contributed by atoms with Gasteiger partial charge in [-0.05, 0) is 37.6 Å². The molecule has 3 rings (SSSR count). The Balaban J connectivity index is 1.57. The number of nitrogens with one attached hydrogen (secondary N) is 1. The molecule has 4 atom stereocenters. The lowest BCUT2D eigenvalue weighted by Crippen LogP contribution is -2.43. The molecule has 1 heterocycles. The van der Waals surface area contributed by atoms with E-state index in [1.165, 1.54) is 30.3 Å². The van der Waals surface area contributed by atoms with Crippen molar-refractivity contribution >= 4 is 15.7 Å². The number of amides is 1. The van der Waals surface area contributed by atoms with Crippen LogP contribution in [0.25, 0.3) is 0 Å². The molecule has 0 saturated heterocycles. The van der Waals surface area contributed by atoms with Crippen molar-refractivity contribution in [1.29, 1.82) is 0 Å². The molecule has 1 aromatic heterocycles. The van der Waals surface area contributed by atoms with Gasteiger partial charge in [0.15, 0.2) is 15.5 Å². The van der Waals surface area contributed by atoms with E-state index in [0.29, 0.717) is 17.9 Å². The molecule has 0 radical (unpaired) electrons. The summed E-state index contributed by atoms with van der Waals surface area (Å²) in [4.78, 5) is 12.3. The zero-order valence-corrected chi connectivity index (χ0v) is 16.2. The second-order valence-electron chi connectivity index (χ2n) is 6.93. The zero-order chi connectivity index (χ0) is 20.5. The smallest absolute Gasteiger partial charge is 0.273 e. The highest BCUT2D eigenvalue weighted by molar-refractivity contribution is 7.90. The van der Waals surface area contributed by atoms with Crippen molar-refractivity contribution < 1.29 is 32.7 Å². The molecular weight excluding hydrogens is 388 g/mol. The van der Waals surface area contributed by atoms with E-state index in [-0.39, 0.29) is 17.2 Å². The minimum absolute atomic E-state index is 0.102. The van der Waals surface area contributed by atoms with Crippen LogP contribution in [0.15, 0.2) is 39.8 Å². The van der Waals surface area contributed by atoms with Gasteiger partial charge in [0.05, 0.1) is 23.6 Å². The number of aryl methyl sites for hydroxylation is 1. The van der Waals surface area contributed by atoms with Gasteiger partial charge >= 0.3 is 0 Å². The van der Waals surface area contributed by atoms with Crippen LogP contribution >= 0.6 is 0 Å². The fraction of sp³-hybridized carbons (Fsp3) is 0.444. The number of aromatic nitrogens is 1. The summed E-state index contributed by atoms with van der Waals surface area (Å²) in [5, 5.41) is 26.7. The summed E-state index contributed by atoms with van der Waals surface area (Å²) in [7, 11) is -3.29. The van der Waals surface area contributed by atoms with E-state index in [2.05, 4.69) is 10.5 Å².